The molecule has 0 saturated heterocycles. The Morgan fingerprint density at radius 2 is 0.759 bits per heavy atom. The maximum Gasteiger partial charge on any atom is 0.238 e. The number of ketones is 4. The van der Waals surface area contributed by atoms with Crippen molar-refractivity contribution in [3.8, 4) is 11.1 Å². The molecule has 0 bridgehead atoms. The highest BCUT2D eigenvalue weighted by atomic mass is 16.2. The van der Waals surface area contributed by atoms with E-state index in [2.05, 4.69) is 49.0 Å². The Morgan fingerprint density at radius 1 is 0.431 bits per heavy atom. The van der Waals surface area contributed by atoms with Crippen LogP contribution in [-0.2, 0) is 9.59 Å². The van der Waals surface area contributed by atoms with E-state index in [9.17, 15) is 28.8 Å². The van der Waals surface area contributed by atoms with Crippen LogP contribution in [-0.4, -0.2) is 60.1 Å². The molecule has 4 aromatic rings. The minimum atomic E-state index is -0.456. The fraction of sp³-hybridized carbons (Fsp3) is 0.375. The van der Waals surface area contributed by atoms with Gasteiger partial charge in [-0.15, -0.1) is 0 Å². The summed E-state index contributed by atoms with van der Waals surface area (Å²) in [5.74, 6) is -1.37. The molecular weight excluding hydrogens is 729 g/mol. The van der Waals surface area contributed by atoms with Crippen LogP contribution in [0.1, 0.15) is 144 Å². The number of nitrogens with one attached hydrogen (secondary N) is 4. The fourth-order valence-corrected chi connectivity index (χ4v) is 7.89. The number of carbonyl (C=O) groups is 6. The van der Waals surface area contributed by atoms with Crippen molar-refractivity contribution in [2.45, 2.75) is 92.2 Å². The lowest BCUT2D eigenvalue weighted by Crippen LogP contribution is -2.35. The molecule has 0 aromatic heterocycles. The maximum atomic E-state index is 14.5. The molecular formula is C48H54N4O6. The average molecular weight is 783 g/mol. The number of fused-ring (bicyclic) bond motifs is 4. The zero-order valence-electron chi connectivity index (χ0n) is 34.3. The average Bonchev–Trinajstić information content (AvgIpc) is 3.20. The molecule has 302 valence electrons. The summed E-state index contributed by atoms with van der Waals surface area (Å²) in [6, 6.07) is 19.6. The van der Waals surface area contributed by atoms with Crippen molar-refractivity contribution >= 4 is 46.3 Å². The van der Waals surface area contributed by atoms with Gasteiger partial charge in [0.1, 0.15) is 0 Å². The highest BCUT2D eigenvalue weighted by Gasteiger charge is 2.38. The molecule has 2 unspecified atom stereocenters. The van der Waals surface area contributed by atoms with E-state index in [-0.39, 0.29) is 104 Å². The van der Waals surface area contributed by atoms with Gasteiger partial charge in [-0.2, -0.15) is 0 Å². The molecule has 4 N–H and O–H groups in total. The van der Waals surface area contributed by atoms with Gasteiger partial charge in [-0.05, 0) is 61.8 Å². The number of rotatable bonds is 17. The maximum absolute atomic E-state index is 14.5. The zero-order chi connectivity index (χ0) is 41.7. The van der Waals surface area contributed by atoms with Gasteiger partial charge in [0.25, 0.3) is 0 Å². The van der Waals surface area contributed by atoms with Gasteiger partial charge in [0.2, 0.25) is 11.8 Å². The third-order valence-electron chi connectivity index (χ3n) is 11.0. The first-order valence-electron chi connectivity index (χ1n) is 20.5. The van der Waals surface area contributed by atoms with Crippen LogP contribution >= 0.6 is 0 Å². The normalized spacial score (nSPS) is 14.1. The van der Waals surface area contributed by atoms with E-state index in [0.717, 1.165) is 38.5 Å². The van der Waals surface area contributed by atoms with Gasteiger partial charge in [0.15, 0.2) is 23.1 Å². The standard InChI is InChI=1S/C48H54N4O6/c1-27(2)13-11-15-29(5)49-25-39(53)51-37-23-21-31(41-43(37)47(57)35-19-9-7-17-33(35)45(41)55)32-22-24-38(52-40(54)26-50-30(6)16-12-14-28(3)4)44-42(32)46(56)34-18-8-10-20-36(34)48(44)58/h7-10,17-24,27-30,49-50H,11-16,25-26H2,1-6H3,(H,51,53)(H,52,54). The Kier molecular flexibility index (Phi) is 13.3. The predicted molar refractivity (Wildman–Crippen MR) is 228 cm³/mol. The summed E-state index contributed by atoms with van der Waals surface area (Å²) in [5.41, 5.74) is 1.69. The second-order valence-corrected chi connectivity index (χ2v) is 16.5. The largest absolute Gasteiger partial charge is 0.324 e. The lowest BCUT2D eigenvalue weighted by molar-refractivity contribution is -0.116. The molecule has 0 aliphatic heterocycles. The van der Waals surface area contributed by atoms with Crippen LogP contribution in [0.2, 0.25) is 0 Å². The second-order valence-electron chi connectivity index (χ2n) is 16.5. The Labute approximate surface area is 341 Å². The Balaban J connectivity index is 1.38. The third kappa shape index (κ3) is 9.09. The number of carbonyl (C=O) groups excluding carboxylic acids is 6. The highest BCUT2D eigenvalue weighted by molar-refractivity contribution is 6.35. The molecule has 2 aliphatic carbocycles. The minimum absolute atomic E-state index is 0.00136. The van der Waals surface area contributed by atoms with Gasteiger partial charge in [0.05, 0.1) is 35.6 Å². The molecule has 0 radical (unpaired) electrons. The van der Waals surface area contributed by atoms with E-state index in [0.29, 0.717) is 11.8 Å². The summed E-state index contributed by atoms with van der Waals surface area (Å²) < 4.78 is 0. The zero-order valence-corrected chi connectivity index (χ0v) is 34.3. The van der Waals surface area contributed by atoms with Crippen molar-refractivity contribution in [2.75, 3.05) is 23.7 Å². The van der Waals surface area contributed by atoms with E-state index in [1.165, 1.54) is 0 Å². The minimum Gasteiger partial charge on any atom is -0.324 e. The Hall–Kier alpha value is -5.58. The van der Waals surface area contributed by atoms with Gasteiger partial charge in [-0.25, -0.2) is 0 Å². The smallest absolute Gasteiger partial charge is 0.238 e. The predicted octanol–water partition coefficient (Wildman–Crippen LogP) is 8.39. The van der Waals surface area contributed by atoms with Crippen LogP contribution in [0.4, 0.5) is 11.4 Å². The van der Waals surface area contributed by atoms with Gasteiger partial charge < -0.3 is 21.3 Å². The van der Waals surface area contributed by atoms with Crippen molar-refractivity contribution < 1.29 is 28.8 Å². The number of benzene rings is 4. The SMILES string of the molecule is CC(C)CCCC(C)NCC(=O)Nc1ccc(-c2ccc(NC(=O)CNC(C)CCCC(C)C)c3c2C(=O)c2ccccc2C3=O)c2c1C(=O)c1ccccc1C2=O. The molecule has 2 aliphatic rings. The van der Waals surface area contributed by atoms with Gasteiger partial charge in [-0.3, -0.25) is 28.8 Å². The van der Waals surface area contributed by atoms with E-state index in [4.69, 9.17) is 0 Å². The van der Waals surface area contributed by atoms with E-state index in [1.807, 2.05) is 13.8 Å². The highest BCUT2D eigenvalue weighted by Crippen LogP contribution is 2.43. The van der Waals surface area contributed by atoms with Gasteiger partial charge >= 0.3 is 0 Å². The number of hydrogen-bond donors (Lipinski definition) is 4. The molecule has 4 aromatic carbocycles. The number of anilines is 2. The van der Waals surface area contributed by atoms with Crippen LogP contribution in [0.25, 0.3) is 11.1 Å². The molecule has 0 saturated carbocycles. The van der Waals surface area contributed by atoms with Crippen LogP contribution in [0, 0.1) is 11.8 Å². The van der Waals surface area contributed by atoms with Crippen molar-refractivity contribution in [3.63, 3.8) is 0 Å². The first kappa shape index (κ1) is 42.0. The lowest BCUT2D eigenvalue weighted by atomic mass is 9.75. The van der Waals surface area contributed by atoms with Crippen LogP contribution < -0.4 is 21.3 Å². The molecule has 0 fully saturated rings. The first-order chi connectivity index (χ1) is 27.8. The van der Waals surface area contributed by atoms with Crippen LogP contribution in [0.3, 0.4) is 0 Å². The summed E-state index contributed by atoms with van der Waals surface area (Å²) in [6.07, 6.45) is 6.07. The number of amides is 2. The van der Waals surface area contributed by atoms with Crippen molar-refractivity contribution in [3.05, 3.63) is 117 Å². The summed E-state index contributed by atoms with van der Waals surface area (Å²) in [6.45, 7) is 12.8. The van der Waals surface area contributed by atoms with E-state index < -0.39 is 23.1 Å². The van der Waals surface area contributed by atoms with Crippen LogP contribution in [0.15, 0.2) is 72.8 Å². The van der Waals surface area contributed by atoms with Gasteiger partial charge in [-0.1, -0.05) is 114 Å². The molecule has 2 amide bonds. The third-order valence-corrected chi connectivity index (χ3v) is 11.0. The quantitative estimate of drug-likeness (QED) is 0.0721. The summed E-state index contributed by atoms with van der Waals surface area (Å²) in [5, 5.41) is 12.3. The molecule has 58 heavy (non-hydrogen) atoms. The Bertz CT molecular complexity index is 2120. The summed E-state index contributed by atoms with van der Waals surface area (Å²) in [7, 11) is 0. The molecule has 10 heteroatoms. The topological polar surface area (TPSA) is 151 Å². The monoisotopic (exact) mass is 782 g/mol. The molecule has 2 atom stereocenters. The molecule has 0 heterocycles. The molecule has 10 nitrogen and oxygen atoms in total. The van der Waals surface area contributed by atoms with Crippen LogP contribution in [0.5, 0.6) is 0 Å². The van der Waals surface area contributed by atoms with Gasteiger partial charge in [0, 0.05) is 45.5 Å². The molecule has 6 rings (SSSR count). The van der Waals surface area contributed by atoms with Crippen molar-refractivity contribution in [1.29, 1.82) is 0 Å². The fourth-order valence-electron chi connectivity index (χ4n) is 7.89. The summed E-state index contributed by atoms with van der Waals surface area (Å²) >= 11 is 0. The Morgan fingerprint density at radius 3 is 1.09 bits per heavy atom. The van der Waals surface area contributed by atoms with Crippen molar-refractivity contribution in [2.24, 2.45) is 11.8 Å². The van der Waals surface area contributed by atoms with Crippen molar-refractivity contribution in [1.82, 2.24) is 10.6 Å². The number of hydrogen-bond acceptors (Lipinski definition) is 8. The lowest BCUT2D eigenvalue weighted by Gasteiger charge is -2.27. The van der Waals surface area contributed by atoms with E-state index >= 15 is 0 Å². The van der Waals surface area contributed by atoms with E-state index in [1.54, 1.807) is 72.8 Å². The first-order valence-corrected chi connectivity index (χ1v) is 20.5. The molecule has 0 spiro atoms. The second kappa shape index (κ2) is 18.3. The summed E-state index contributed by atoms with van der Waals surface area (Å²) in [4.78, 5) is 84.4.